The van der Waals surface area contributed by atoms with Gasteiger partial charge < -0.3 is 15.0 Å². The number of benzene rings is 2. The van der Waals surface area contributed by atoms with Gasteiger partial charge in [-0.05, 0) is 43.5 Å². The molecule has 0 unspecified atom stereocenters. The second-order valence-corrected chi connectivity index (χ2v) is 7.03. The van der Waals surface area contributed by atoms with Crippen LogP contribution in [0.15, 0.2) is 54.6 Å². The lowest BCUT2D eigenvalue weighted by Crippen LogP contribution is -2.49. The van der Waals surface area contributed by atoms with Gasteiger partial charge >= 0.3 is 0 Å². The summed E-state index contributed by atoms with van der Waals surface area (Å²) in [5, 5.41) is 2.98. The normalized spacial score (nSPS) is 12.7. The molecule has 1 N–H and O–H groups in total. The molecule has 5 nitrogen and oxygen atoms in total. The van der Waals surface area contributed by atoms with Gasteiger partial charge in [-0.1, -0.05) is 49.4 Å². The molecule has 2 atom stereocenters. The highest BCUT2D eigenvalue weighted by Crippen LogP contribution is 2.15. The van der Waals surface area contributed by atoms with Gasteiger partial charge in [-0.2, -0.15) is 0 Å². The second kappa shape index (κ2) is 10.5. The third kappa shape index (κ3) is 6.12. The van der Waals surface area contributed by atoms with Crippen molar-refractivity contribution in [2.75, 3.05) is 7.11 Å². The van der Waals surface area contributed by atoms with Crippen molar-refractivity contribution in [1.82, 2.24) is 10.2 Å². The van der Waals surface area contributed by atoms with Crippen LogP contribution in [0.25, 0.3) is 0 Å². The number of carbonyl (C=O) groups is 2. The Balaban J connectivity index is 2.17. The van der Waals surface area contributed by atoms with Gasteiger partial charge in [0, 0.05) is 12.6 Å². The first-order valence-electron chi connectivity index (χ1n) is 9.71. The first kappa shape index (κ1) is 21.5. The number of carbonyl (C=O) groups excluding carboxylic acids is 2. The molecule has 2 rings (SSSR count). The van der Waals surface area contributed by atoms with E-state index in [9.17, 15) is 9.59 Å². The largest absolute Gasteiger partial charge is 0.497 e. The fourth-order valence-electron chi connectivity index (χ4n) is 2.85. The molecule has 0 aliphatic carbocycles. The average Bonchev–Trinajstić information content (AvgIpc) is 2.72. The third-order valence-corrected chi connectivity index (χ3v) is 4.88. The molecule has 2 aromatic rings. The molecule has 2 amide bonds. The molecule has 0 aromatic heterocycles. The van der Waals surface area contributed by atoms with E-state index in [1.165, 1.54) is 0 Å². The molecule has 2 aromatic carbocycles. The lowest BCUT2D eigenvalue weighted by Gasteiger charge is -2.29. The highest BCUT2D eigenvalue weighted by atomic mass is 16.5. The maximum absolute atomic E-state index is 13.1. The molecule has 5 heteroatoms. The topological polar surface area (TPSA) is 58.6 Å². The summed E-state index contributed by atoms with van der Waals surface area (Å²) in [5.41, 5.74) is 1.88. The molecule has 0 aliphatic heterocycles. The van der Waals surface area contributed by atoms with Crippen LogP contribution in [0.5, 0.6) is 5.75 Å². The molecule has 0 saturated carbocycles. The fraction of sp³-hybridized carbons (Fsp3) is 0.391. The number of rotatable bonds is 9. The number of ether oxygens (including phenoxy) is 1. The van der Waals surface area contributed by atoms with E-state index >= 15 is 0 Å². The van der Waals surface area contributed by atoms with Crippen LogP contribution < -0.4 is 10.1 Å². The minimum Gasteiger partial charge on any atom is -0.497 e. The van der Waals surface area contributed by atoms with Gasteiger partial charge in [-0.25, -0.2) is 0 Å². The van der Waals surface area contributed by atoms with E-state index in [1.54, 1.807) is 18.9 Å². The Labute approximate surface area is 167 Å². The number of nitrogens with zero attached hydrogens (tertiary/aromatic N) is 1. The van der Waals surface area contributed by atoms with Gasteiger partial charge in [0.15, 0.2) is 0 Å². The SMILES string of the molecule is CC[C@@H](C)NC(=O)[C@H](C)N(Cc1ccccc1)C(=O)Cc1ccc(OC)cc1. The van der Waals surface area contributed by atoms with Crippen molar-refractivity contribution in [2.45, 2.75) is 52.2 Å². The zero-order valence-electron chi connectivity index (χ0n) is 17.1. The molecule has 0 spiro atoms. The van der Waals surface area contributed by atoms with Crippen LogP contribution in [0.3, 0.4) is 0 Å². The maximum Gasteiger partial charge on any atom is 0.242 e. The Morgan fingerprint density at radius 1 is 1.00 bits per heavy atom. The van der Waals surface area contributed by atoms with Gasteiger partial charge in [-0.15, -0.1) is 0 Å². The summed E-state index contributed by atoms with van der Waals surface area (Å²) < 4.78 is 5.17. The molecule has 28 heavy (non-hydrogen) atoms. The Morgan fingerprint density at radius 2 is 1.64 bits per heavy atom. The van der Waals surface area contributed by atoms with Crippen LogP contribution >= 0.6 is 0 Å². The Bertz CT molecular complexity index is 759. The van der Waals surface area contributed by atoms with Crippen LogP contribution in [-0.4, -0.2) is 35.9 Å². The number of hydrogen-bond donors (Lipinski definition) is 1. The first-order valence-corrected chi connectivity index (χ1v) is 9.71. The number of hydrogen-bond acceptors (Lipinski definition) is 3. The molecular weight excluding hydrogens is 352 g/mol. The average molecular weight is 383 g/mol. The van der Waals surface area contributed by atoms with E-state index in [4.69, 9.17) is 4.74 Å². The molecule has 0 heterocycles. The number of nitrogens with one attached hydrogen (secondary N) is 1. The van der Waals surface area contributed by atoms with E-state index in [1.807, 2.05) is 68.4 Å². The van der Waals surface area contributed by atoms with Crippen LogP contribution in [0.1, 0.15) is 38.3 Å². The van der Waals surface area contributed by atoms with E-state index in [0.29, 0.717) is 6.54 Å². The van der Waals surface area contributed by atoms with Gasteiger partial charge in [0.05, 0.1) is 13.5 Å². The minimum atomic E-state index is -0.556. The summed E-state index contributed by atoms with van der Waals surface area (Å²) in [5.74, 6) is 0.535. The summed E-state index contributed by atoms with van der Waals surface area (Å²) in [7, 11) is 1.61. The second-order valence-electron chi connectivity index (χ2n) is 7.03. The van der Waals surface area contributed by atoms with E-state index in [2.05, 4.69) is 5.32 Å². The Kier molecular flexibility index (Phi) is 8.05. The summed E-state index contributed by atoms with van der Waals surface area (Å²) in [4.78, 5) is 27.4. The Morgan fingerprint density at radius 3 is 2.21 bits per heavy atom. The third-order valence-electron chi connectivity index (χ3n) is 4.88. The van der Waals surface area contributed by atoms with Crippen LogP contribution in [-0.2, 0) is 22.6 Å². The maximum atomic E-state index is 13.1. The van der Waals surface area contributed by atoms with Crippen molar-refractivity contribution < 1.29 is 14.3 Å². The lowest BCUT2D eigenvalue weighted by molar-refractivity contribution is -0.140. The first-order chi connectivity index (χ1) is 13.4. The van der Waals surface area contributed by atoms with Gasteiger partial charge in [0.25, 0.3) is 0 Å². The molecular formula is C23H30N2O3. The van der Waals surface area contributed by atoms with Gasteiger partial charge in [0.2, 0.25) is 11.8 Å². The van der Waals surface area contributed by atoms with Crippen molar-refractivity contribution in [2.24, 2.45) is 0 Å². The summed E-state index contributed by atoms with van der Waals surface area (Å²) in [6.07, 6.45) is 1.08. The number of amides is 2. The highest BCUT2D eigenvalue weighted by Gasteiger charge is 2.26. The summed E-state index contributed by atoms with van der Waals surface area (Å²) in [6.45, 7) is 6.16. The fourth-order valence-corrected chi connectivity index (χ4v) is 2.85. The van der Waals surface area contributed by atoms with Gasteiger partial charge in [0.1, 0.15) is 11.8 Å². The Hall–Kier alpha value is -2.82. The van der Waals surface area contributed by atoms with Crippen molar-refractivity contribution in [1.29, 1.82) is 0 Å². The number of methoxy groups -OCH3 is 1. The monoisotopic (exact) mass is 382 g/mol. The smallest absolute Gasteiger partial charge is 0.242 e. The summed E-state index contributed by atoms with van der Waals surface area (Å²) in [6, 6.07) is 16.7. The summed E-state index contributed by atoms with van der Waals surface area (Å²) >= 11 is 0. The van der Waals surface area contributed by atoms with E-state index in [-0.39, 0.29) is 24.3 Å². The van der Waals surface area contributed by atoms with Crippen molar-refractivity contribution >= 4 is 11.8 Å². The predicted molar refractivity (Wildman–Crippen MR) is 111 cm³/mol. The van der Waals surface area contributed by atoms with Crippen LogP contribution in [0.4, 0.5) is 0 Å². The molecule has 150 valence electrons. The molecule has 0 fully saturated rings. The van der Waals surface area contributed by atoms with Crippen molar-refractivity contribution in [3.8, 4) is 5.75 Å². The molecule has 0 aliphatic rings. The molecule has 0 bridgehead atoms. The quantitative estimate of drug-likeness (QED) is 0.721. The zero-order chi connectivity index (χ0) is 20.5. The highest BCUT2D eigenvalue weighted by molar-refractivity contribution is 5.88. The van der Waals surface area contributed by atoms with E-state index < -0.39 is 6.04 Å². The van der Waals surface area contributed by atoms with Crippen LogP contribution in [0.2, 0.25) is 0 Å². The zero-order valence-corrected chi connectivity index (χ0v) is 17.1. The molecule has 0 saturated heterocycles. The van der Waals surface area contributed by atoms with Crippen molar-refractivity contribution in [3.63, 3.8) is 0 Å². The predicted octanol–water partition coefficient (Wildman–Crippen LogP) is 3.57. The van der Waals surface area contributed by atoms with E-state index in [0.717, 1.165) is 23.3 Å². The standard InChI is InChI=1S/C23H30N2O3/c1-5-17(2)24-23(27)18(3)25(16-20-9-7-6-8-10-20)22(26)15-19-11-13-21(28-4)14-12-19/h6-14,17-18H,5,15-16H2,1-4H3,(H,24,27)/t17-,18+/m1/s1. The van der Waals surface area contributed by atoms with Gasteiger partial charge in [-0.3, -0.25) is 9.59 Å². The molecule has 0 radical (unpaired) electrons. The van der Waals surface area contributed by atoms with Crippen molar-refractivity contribution in [3.05, 3.63) is 65.7 Å². The minimum absolute atomic E-state index is 0.0743. The van der Waals surface area contributed by atoms with Crippen LogP contribution in [0, 0.1) is 0 Å². The lowest BCUT2D eigenvalue weighted by atomic mass is 10.1.